The summed E-state index contributed by atoms with van der Waals surface area (Å²) in [4.78, 5) is 33.5. The quantitative estimate of drug-likeness (QED) is 0.401. The molecule has 0 bridgehead atoms. The van der Waals surface area contributed by atoms with E-state index in [9.17, 15) is 19.5 Å². The number of benzene rings is 1. The van der Waals surface area contributed by atoms with Crippen molar-refractivity contribution in [3.8, 4) is 5.75 Å². The number of hydrogen-bond acceptors (Lipinski definition) is 5. The third-order valence-corrected chi connectivity index (χ3v) is 2.02. The van der Waals surface area contributed by atoms with Gasteiger partial charge in [-0.05, 0) is 12.1 Å². The van der Waals surface area contributed by atoms with Gasteiger partial charge in [-0.1, -0.05) is 12.1 Å². The fraction of sp³-hybridized carbons (Fsp3) is 0.0833. The summed E-state index contributed by atoms with van der Waals surface area (Å²) in [6, 6.07) is 5.85. The average molecular weight is 264 g/mol. The summed E-state index contributed by atoms with van der Waals surface area (Å²) in [5, 5.41) is 9.41. The molecule has 3 N–H and O–H groups in total. The minimum atomic E-state index is -0.714. The summed E-state index contributed by atoms with van der Waals surface area (Å²) in [6.45, 7) is 0. The normalized spacial score (nSPS) is 9.95. The van der Waals surface area contributed by atoms with Crippen LogP contribution in [-0.4, -0.2) is 30.0 Å². The number of esters is 1. The number of para-hydroxylation sites is 1. The van der Waals surface area contributed by atoms with E-state index in [1.807, 2.05) is 5.43 Å². The lowest BCUT2D eigenvalue weighted by Gasteiger charge is -2.06. The molecule has 0 spiro atoms. The monoisotopic (exact) mass is 264 g/mol. The van der Waals surface area contributed by atoms with Crippen LogP contribution in [0.15, 0.2) is 36.4 Å². The van der Waals surface area contributed by atoms with Gasteiger partial charge in [0.15, 0.2) is 0 Å². The van der Waals surface area contributed by atoms with Crippen LogP contribution in [0.25, 0.3) is 0 Å². The van der Waals surface area contributed by atoms with E-state index in [1.54, 1.807) is 12.1 Å². The number of ether oxygens (including phenoxy) is 1. The molecule has 100 valence electrons. The highest BCUT2D eigenvalue weighted by molar-refractivity contribution is 5.99. The maximum Gasteiger partial charge on any atom is 0.330 e. The van der Waals surface area contributed by atoms with Crippen molar-refractivity contribution < 1.29 is 24.2 Å². The Bertz CT molecular complexity index is 525. The Hall–Kier alpha value is -2.83. The molecule has 1 aromatic carbocycles. The SMILES string of the molecule is COC(=O)/C=C\C(=O)NNC(=O)c1ccccc1O. The summed E-state index contributed by atoms with van der Waals surface area (Å²) >= 11 is 0. The van der Waals surface area contributed by atoms with Crippen LogP contribution >= 0.6 is 0 Å². The van der Waals surface area contributed by atoms with Gasteiger partial charge in [-0.15, -0.1) is 0 Å². The van der Waals surface area contributed by atoms with Crippen LogP contribution in [0.3, 0.4) is 0 Å². The van der Waals surface area contributed by atoms with Gasteiger partial charge in [-0.2, -0.15) is 0 Å². The first-order valence-electron chi connectivity index (χ1n) is 5.19. The number of amides is 2. The van der Waals surface area contributed by atoms with E-state index in [0.717, 1.165) is 12.2 Å². The Balaban J connectivity index is 2.51. The van der Waals surface area contributed by atoms with E-state index in [4.69, 9.17) is 0 Å². The minimum absolute atomic E-state index is 0.0137. The van der Waals surface area contributed by atoms with Gasteiger partial charge in [-0.3, -0.25) is 20.4 Å². The maximum atomic E-state index is 11.6. The fourth-order valence-corrected chi connectivity index (χ4v) is 1.10. The second kappa shape index (κ2) is 6.80. The van der Waals surface area contributed by atoms with Crippen molar-refractivity contribution in [1.82, 2.24) is 10.9 Å². The van der Waals surface area contributed by atoms with Gasteiger partial charge in [0.25, 0.3) is 11.8 Å². The number of phenolic OH excluding ortho intramolecular Hbond substituents is 1. The van der Waals surface area contributed by atoms with Crippen molar-refractivity contribution in [2.45, 2.75) is 0 Å². The summed E-state index contributed by atoms with van der Waals surface area (Å²) in [5.74, 6) is -2.30. The number of hydrogen-bond donors (Lipinski definition) is 3. The molecule has 0 aliphatic carbocycles. The zero-order chi connectivity index (χ0) is 14.3. The van der Waals surface area contributed by atoms with Crippen LogP contribution in [0.1, 0.15) is 10.4 Å². The van der Waals surface area contributed by atoms with Crippen molar-refractivity contribution in [1.29, 1.82) is 0 Å². The summed E-state index contributed by atoms with van der Waals surface area (Å²) in [6.07, 6.45) is 1.80. The van der Waals surface area contributed by atoms with E-state index in [2.05, 4.69) is 10.2 Å². The predicted octanol–water partition coefficient (Wildman–Crippen LogP) is -0.118. The van der Waals surface area contributed by atoms with Crippen LogP contribution in [-0.2, 0) is 14.3 Å². The van der Waals surface area contributed by atoms with Crippen molar-refractivity contribution in [3.63, 3.8) is 0 Å². The number of phenols is 1. The molecule has 7 heteroatoms. The molecule has 1 aromatic rings. The molecular formula is C12H12N2O5. The number of carbonyl (C=O) groups is 3. The van der Waals surface area contributed by atoms with Gasteiger partial charge in [0, 0.05) is 12.2 Å². The molecule has 0 atom stereocenters. The van der Waals surface area contributed by atoms with Crippen molar-refractivity contribution in [3.05, 3.63) is 42.0 Å². The second-order valence-corrected chi connectivity index (χ2v) is 3.32. The number of carbonyl (C=O) groups excluding carboxylic acids is 3. The molecule has 7 nitrogen and oxygen atoms in total. The van der Waals surface area contributed by atoms with Crippen molar-refractivity contribution in [2.24, 2.45) is 0 Å². The molecule has 2 amide bonds. The lowest BCUT2D eigenvalue weighted by atomic mass is 10.2. The molecule has 0 saturated heterocycles. The molecule has 0 fully saturated rings. The second-order valence-electron chi connectivity index (χ2n) is 3.32. The van der Waals surface area contributed by atoms with Gasteiger partial charge < -0.3 is 9.84 Å². The van der Waals surface area contributed by atoms with E-state index in [0.29, 0.717) is 0 Å². The summed E-state index contributed by atoms with van der Waals surface area (Å²) in [5.41, 5.74) is 4.14. The highest BCUT2D eigenvalue weighted by Gasteiger charge is 2.10. The lowest BCUT2D eigenvalue weighted by Crippen LogP contribution is -2.40. The molecule has 19 heavy (non-hydrogen) atoms. The Labute approximate surface area is 108 Å². The van der Waals surface area contributed by atoms with Crippen LogP contribution in [0, 0.1) is 0 Å². The van der Waals surface area contributed by atoms with E-state index in [1.165, 1.54) is 19.2 Å². The molecular weight excluding hydrogens is 252 g/mol. The number of rotatable bonds is 3. The number of nitrogens with one attached hydrogen (secondary N) is 2. The average Bonchev–Trinajstić information content (AvgIpc) is 2.42. The van der Waals surface area contributed by atoms with E-state index < -0.39 is 17.8 Å². The minimum Gasteiger partial charge on any atom is -0.507 e. The van der Waals surface area contributed by atoms with Gasteiger partial charge in [0.05, 0.1) is 12.7 Å². The standard InChI is InChI=1S/C12H12N2O5/c1-19-11(17)7-6-10(16)13-14-12(18)8-4-2-3-5-9(8)15/h2-7,15H,1H3,(H,13,16)(H,14,18)/b7-6-. The smallest absolute Gasteiger partial charge is 0.330 e. The van der Waals surface area contributed by atoms with Crippen molar-refractivity contribution in [2.75, 3.05) is 7.11 Å². The largest absolute Gasteiger partial charge is 0.507 e. The summed E-state index contributed by atoms with van der Waals surface area (Å²) < 4.78 is 4.29. The van der Waals surface area contributed by atoms with E-state index >= 15 is 0 Å². The highest BCUT2D eigenvalue weighted by atomic mass is 16.5. The predicted molar refractivity (Wildman–Crippen MR) is 64.9 cm³/mol. The lowest BCUT2D eigenvalue weighted by molar-refractivity contribution is -0.135. The zero-order valence-electron chi connectivity index (χ0n) is 10.0. The van der Waals surface area contributed by atoms with Crippen LogP contribution in [0.5, 0.6) is 5.75 Å². The Morgan fingerprint density at radius 2 is 1.84 bits per heavy atom. The first-order valence-corrected chi connectivity index (χ1v) is 5.19. The molecule has 0 aromatic heterocycles. The molecule has 0 heterocycles. The Morgan fingerprint density at radius 3 is 2.47 bits per heavy atom. The molecule has 1 rings (SSSR count). The summed E-state index contributed by atoms with van der Waals surface area (Å²) in [7, 11) is 1.17. The Morgan fingerprint density at radius 1 is 1.16 bits per heavy atom. The number of aromatic hydroxyl groups is 1. The molecule has 0 unspecified atom stereocenters. The highest BCUT2D eigenvalue weighted by Crippen LogP contribution is 2.14. The van der Waals surface area contributed by atoms with Gasteiger partial charge in [-0.25, -0.2) is 4.79 Å². The fourth-order valence-electron chi connectivity index (χ4n) is 1.10. The molecule has 0 aliphatic heterocycles. The first-order chi connectivity index (χ1) is 9.04. The topological polar surface area (TPSA) is 105 Å². The van der Waals surface area contributed by atoms with Crippen LogP contribution in [0.4, 0.5) is 0 Å². The van der Waals surface area contributed by atoms with E-state index in [-0.39, 0.29) is 11.3 Å². The van der Waals surface area contributed by atoms with Crippen molar-refractivity contribution >= 4 is 17.8 Å². The van der Waals surface area contributed by atoms with Gasteiger partial charge >= 0.3 is 5.97 Å². The molecule has 0 radical (unpaired) electrons. The number of methoxy groups -OCH3 is 1. The third kappa shape index (κ3) is 4.50. The Kier molecular flexibility index (Phi) is 5.09. The third-order valence-electron chi connectivity index (χ3n) is 2.02. The van der Waals surface area contributed by atoms with Gasteiger partial charge in [0.2, 0.25) is 0 Å². The number of hydrazine groups is 1. The molecule has 0 saturated carbocycles. The molecule has 0 aliphatic rings. The van der Waals surface area contributed by atoms with Crippen LogP contribution in [0.2, 0.25) is 0 Å². The van der Waals surface area contributed by atoms with Crippen LogP contribution < -0.4 is 10.9 Å². The zero-order valence-corrected chi connectivity index (χ0v) is 10.0. The first kappa shape index (κ1) is 14.2. The van der Waals surface area contributed by atoms with Gasteiger partial charge in [0.1, 0.15) is 5.75 Å². The maximum absolute atomic E-state index is 11.6.